The Morgan fingerprint density at radius 2 is 2.56 bits per heavy atom. The molecule has 1 N–H and O–H groups in total. The van der Waals surface area contributed by atoms with E-state index in [1.807, 2.05) is 18.0 Å². The highest BCUT2D eigenvalue weighted by Gasteiger charge is 2.45. The third-order valence-electron chi connectivity index (χ3n) is 3.30. The fraction of sp³-hybridized carbons (Fsp3) is 0.727. The Morgan fingerprint density at radius 1 is 1.56 bits per heavy atom. The van der Waals surface area contributed by atoms with Crippen LogP contribution in [-0.4, -0.2) is 35.2 Å². The average molecular weight is 256 g/mol. The summed E-state index contributed by atoms with van der Waals surface area (Å²) in [6, 6.07) is 0.300. The van der Waals surface area contributed by atoms with E-state index < -0.39 is 0 Å². The van der Waals surface area contributed by atoms with Crippen LogP contribution < -0.4 is 5.32 Å². The second-order valence-electron chi connectivity index (χ2n) is 4.33. The largest absolute Gasteiger partial charge is 0.371 e. The molecular weight excluding hydrogens is 240 g/mol. The molecule has 2 unspecified atom stereocenters. The number of hydrogen-bond acceptors (Lipinski definition) is 5. The summed E-state index contributed by atoms with van der Waals surface area (Å²) in [5.41, 5.74) is -0.000972. The van der Waals surface area contributed by atoms with Gasteiger partial charge in [-0.1, -0.05) is 0 Å². The van der Waals surface area contributed by atoms with Gasteiger partial charge in [-0.3, -0.25) is 0 Å². The molecular formula is C11H16N2OS2. The van der Waals surface area contributed by atoms with E-state index in [4.69, 9.17) is 4.74 Å². The average Bonchev–Trinajstić information content (AvgIpc) is 2.84. The first kappa shape index (κ1) is 11.0. The Kier molecular flexibility index (Phi) is 3.20. The molecule has 0 saturated carbocycles. The maximum absolute atomic E-state index is 6.13. The van der Waals surface area contributed by atoms with E-state index in [9.17, 15) is 0 Å². The molecule has 0 bridgehead atoms. The number of ether oxygens (including phenoxy) is 1. The van der Waals surface area contributed by atoms with Gasteiger partial charge in [0.1, 0.15) is 5.01 Å². The van der Waals surface area contributed by atoms with Gasteiger partial charge >= 0.3 is 0 Å². The lowest BCUT2D eigenvalue weighted by molar-refractivity contribution is -0.0888. The van der Waals surface area contributed by atoms with Crippen LogP contribution >= 0.6 is 23.1 Å². The summed E-state index contributed by atoms with van der Waals surface area (Å²) in [7, 11) is 0. The number of morpholine rings is 1. The number of nitrogens with zero attached hydrogens (tertiary/aromatic N) is 1. The van der Waals surface area contributed by atoms with Gasteiger partial charge in [0.2, 0.25) is 0 Å². The molecule has 2 aliphatic heterocycles. The molecule has 1 aromatic rings. The van der Waals surface area contributed by atoms with Gasteiger partial charge in [0.15, 0.2) is 0 Å². The summed E-state index contributed by atoms with van der Waals surface area (Å²) in [4.78, 5) is 4.46. The summed E-state index contributed by atoms with van der Waals surface area (Å²) in [5, 5.41) is 6.83. The van der Waals surface area contributed by atoms with Crippen LogP contribution in [0.15, 0.2) is 11.6 Å². The smallest absolute Gasteiger partial charge is 0.112 e. The van der Waals surface area contributed by atoms with Crippen molar-refractivity contribution in [3.05, 3.63) is 16.6 Å². The highest BCUT2D eigenvalue weighted by molar-refractivity contribution is 7.99. The van der Waals surface area contributed by atoms with E-state index in [0.717, 1.165) is 25.3 Å². The molecule has 3 rings (SSSR count). The molecule has 2 aliphatic rings. The van der Waals surface area contributed by atoms with Gasteiger partial charge in [0.25, 0.3) is 0 Å². The van der Waals surface area contributed by atoms with Gasteiger partial charge in [-0.2, -0.15) is 11.8 Å². The predicted molar refractivity (Wildman–Crippen MR) is 68.1 cm³/mol. The lowest BCUT2D eigenvalue weighted by atomic mass is 9.89. The topological polar surface area (TPSA) is 34.1 Å². The highest BCUT2D eigenvalue weighted by Crippen LogP contribution is 2.41. The van der Waals surface area contributed by atoms with Crippen molar-refractivity contribution >= 4 is 23.1 Å². The summed E-state index contributed by atoms with van der Waals surface area (Å²) >= 11 is 3.75. The van der Waals surface area contributed by atoms with Crippen molar-refractivity contribution in [3.8, 4) is 0 Å². The highest BCUT2D eigenvalue weighted by atomic mass is 32.2. The minimum Gasteiger partial charge on any atom is -0.371 e. The van der Waals surface area contributed by atoms with Crippen LogP contribution in [0.4, 0.5) is 0 Å². The minimum atomic E-state index is -0.000972. The molecule has 0 radical (unpaired) electrons. The number of aromatic nitrogens is 1. The predicted octanol–water partition coefficient (Wildman–Crippen LogP) is 2.07. The zero-order valence-electron chi connectivity index (χ0n) is 9.15. The first-order chi connectivity index (χ1) is 7.91. The van der Waals surface area contributed by atoms with Gasteiger partial charge in [0, 0.05) is 23.9 Å². The van der Waals surface area contributed by atoms with E-state index in [1.54, 1.807) is 11.3 Å². The minimum absolute atomic E-state index is 0.000972. The maximum Gasteiger partial charge on any atom is 0.112 e. The number of nitrogens with one attached hydrogen (secondary N) is 1. The first-order valence-corrected chi connectivity index (χ1v) is 7.79. The molecule has 3 heterocycles. The second kappa shape index (κ2) is 4.64. The fourth-order valence-electron chi connectivity index (χ4n) is 2.55. The zero-order chi connectivity index (χ0) is 10.8. The van der Waals surface area contributed by atoms with E-state index in [2.05, 4.69) is 15.7 Å². The van der Waals surface area contributed by atoms with Crippen molar-refractivity contribution in [2.75, 3.05) is 24.7 Å². The Hall–Kier alpha value is -0.100. The molecule has 1 spiro atoms. The van der Waals surface area contributed by atoms with Crippen LogP contribution in [0.3, 0.4) is 0 Å². The van der Waals surface area contributed by atoms with E-state index in [-0.39, 0.29) is 5.60 Å². The van der Waals surface area contributed by atoms with Crippen LogP contribution in [0.1, 0.15) is 23.9 Å². The Balaban J connectivity index is 1.88. The molecule has 2 saturated heterocycles. The maximum atomic E-state index is 6.13. The number of rotatable bonds is 1. The van der Waals surface area contributed by atoms with Crippen molar-refractivity contribution < 1.29 is 4.74 Å². The van der Waals surface area contributed by atoms with Crippen LogP contribution in [0.2, 0.25) is 0 Å². The lowest BCUT2D eigenvalue weighted by Crippen LogP contribution is -2.55. The van der Waals surface area contributed by atoms with Crippen LogP contribution in [0.25, 0.3) is 0 Å². The summed E-state index contributed by atoms with van der Waals surface area (Å²) in [6.07, 6.45) is 4.31. The third-order valence-corrected chi connectivity index (χ3v) is 5.41. The van der Waals surface area contributed by atoms with Gasteiger partial charge in [-0.25, -0.2) is 4.98 Å². The summed E-state index contributed by atoms with van der Waals surface area (Å²) in [5.74, 6) is 2.37. The molecule has 0 aromatic carbocycles. The number of thiazole rings is 1. The summed E-state index contributed by atoms with van der Waals surface area (Å²) < 4.78 is 6.13. The second-order valence-corrected chi connectivity index (χ2v) is 6.36. The molecule has 1 aromatic heterocycles. The Labute approximate surface area is 104 Å². The van der Waals surface area contributed by atoms with Crippen LogP contribution in [0, 0.1) is 0 Å². The molecule has 0 amide bonds. The lowest BCUT2D eigenvalue weighted by Gasteiger charge is -2.45. The van der Waals surface area contributed by atoms with Gasteiger partial charge in [-0.15, -0.1) is 11.3 Å². The molecule has 5 heteroatoms. The molecule has 2 fully saturated rings. The van der Waals surface area contributed by atoms with Crippen molar-refractivity contribution in [1.82, 2.24) is 10.3 Å². The summed E-state index contributed by atoms with van der Waals surface area (Å²) in [6.45, 7) is 1.78. The van der Waals surface area contributed by atoms with Gasteiger partial charge < -0.3 is 10.1 Å². The first-order valence-electron chi connectivity index (χ1n) is 5.75. The number of thioether (sulfide) groups is 1. The van der Waals surface area contributed by atoms with Crippen molar-refractivity contribution in [2.24, 2.45) is 0 Å². The van der Waals surface area contributed by atoms with Crippen molar-refractivity contribution in [1.29, 1.82) is 0 Å². The van der Waals surface area contributed by atoms with E-state index in [0.29, 0.717) is 6.04 Å². The molecule has 16 heavy (non-hydrogen) atoms. The Morgan fingerprint density at radius 3 is 3.31 bits per heavy atom. The normalized spacial score (nSPS) is 35.4. The van der Waals surface area contributed by atoms with E-state index in [1.165, 1.54) is 17.2 Å². The molecule has 3 nitrogen and oxygen atoms in total. The fourth-order valence-corrected chi connectivity index (χ4v) is 4.60. The van der Waals surface area contributed by atoms with Crippen molar-refractivity contribution in [2.45, 2.75) is 24.5 Å². The SMILES string of the molecule is c1csc(C2NCCOC23CCCSC3)n1. The number of hydrogen-bond donors (Lipinski definition) is 1. The van der Waals surface area contributed by atoms with Gasteiger partial charge in [0.05, 0.1) is 18.2 Å². The molecule has 0 aliphatic carbocycles. The standard InChI is InChI=1S/C11H16N2OS2/c1-2-11(8-15-6-1)9(12-3-5-14-11)10-13-4-7-16-10/h4,7,9,12H,1-3,5-6,8H2. The quantitative estimate of drug-likeness (QED) is 0.834. The monoisotopic (exact) mass is 256 g/mol. The molecule has 88 valence electrons. The Bertz CT molecular complexity index is 327. The van der Waals surface area contributed by atoms with Gasteiger partial charge in [-0.05, 0) is 18.6 Å². The van der Waals surface area contributed by atoms with Crippen LogP contribution in [0.5, 0.6) is 0 Å². The molecule has 2 atom stereocenters. The zero-order valence-corrected chi connectivity index (χ0v) is 10.8. The van der Waals surface area contributed by atoms with E-state index >= 15 is 0 Å². The van der Waals surface area contributed by atoms with Crippen molar-refractivity contribution in [3.63, 3.8) is 0 Å². The van der Waals surface area contributed by atoms with Crippen LogP contribution in [-0.2, 0) is 4.74 Å². The third kappa shape index (κ3) is 1.90.